The Labute approximate surface area is 410 Å². The summed E-state index contributed by atoms with van der Waals surface area (Å²) in [6, 6.07) is 86.6. The number of hydrogen-bond acceptors (Lipinski definition) is 2. The Morgan fingerprint density at radius 1 is 0.268 bits per heavy atom. The molecule has 71 heavy (non-hydrogen) atoms. The average molecular weight is 922 g/mol. The molecule has 0 unspecified atom stereocenters. The van der Waals surface area contributed by atoms with Gasteiger partial charge in [-0.25, -0.2) is 0 Å². The van der Waals surface area contributed by atoms with Crippen LogP contribution < -0.4 is 0 Å². The molecule has 11 aromatic carbocycles. The fourth-order valence-corrected chi connectivity index (χ4v) is 12.9. The topological polar surface area (TPSA) is 27.9 Å². The van der Waals surface area contributed by atoms with Crippen LogP contribution in [0, 0.1) is 0 Å². The van der Waals surface area contributed by atoms with Crippen LogP contribution in [-0.4, -0.2) is 13.7 Å². The third kappa shape index (κ3) is 5.61. The van der Waals surface area contributed by atoms with Gasteiger partial charge in [0.2, 0.25) is 0 Å². The number of nitrogens with zero attached hydrogens (tertiary/aromatic N) is 3. The van der Waals surface area contributed by atoms with Gasteiger partial charge in [-0.2, -0.15) is 0 Å². The summed E-state index contributed by atoms with van der Waals surface area (Å²) in [5.74, 6) is 0. The lowest BCUT2D eigenvalue weighted by molar-refractivity contribution is 0.673. The zero-order chi connectivity index (χ0) is 46.3. The summed E-state index contributed by atoms with van der Waals surface area (Å²) in [5.41, 5.74) is 17.0. The SMILES string of the molecule is c1ccc(-n2c3ccccc3c3cc(-c4ccc5c(c4)c4ccccc4n5-c4ccc5oc6c(ccc7c6c6ccccc6n7-c6cccc(-c7ccc8sc9ccccc9c8c7)c6)c5c4)ccc32)cc1. The van der Waals surface area contributed by atoms with Gasteiger partial charge in [0.05, 0.1) is 38.5 Å². The second-order valence-electron chi connectivity index (χ2n) is 18.8. The molecular weight excluding hydrogens is 883 g/mol. The van der Waals surface area contributed by atoms with E-state index in [1.54, 1.807) is 0 Å². The minimum atomic E-state index is 0.874. The Hall–Kier alpha value is -9.16. The van der Waals surface area contributed by atoms with Crippen LogP contribution in [0.4, 0.5) is 0 Å². The third-order valence-corrected chi connectivity index (χ3v) is 16.2. The van der Waals surface area contributed by atoms with Crippen molar-refractivity contribution in [3.05, 3.63) is 237 Å². The van der Waals surface area contributed by atoms with Crippen LogP contribution >= 0.6 is 11.3 Å². The molecule has 0 aliphatic heterocycles. The van der Waals surface area contributed by atoms with Gasteiger partial charge in [-0.3, -0.25) is 0 Å². The van der Waals surface area contributed by atoms with E-state index in [1.165, 1.54) is 91.4 Å². The normalized spacial score (nSPS) is 12.2. The summed E-state index contributed by atoms with van der Waals surface area (Å²) in [4.78, 5) is 0. The predicted molar refractivity (Wildman–Crippen MR) is 300 cm³/mol. The molecule has 5 heteroatoms. The second kappa shape index (κ2) is 14.7. The van der Waals surface area contributed by atoms with Crippen molar-refractivity contribution in [1.82, 2.24) is 13.7 Å². The smallest absolute Gasteiger partial charge is 0.145 e. The molecule has 0 spiro atoms. The number of aromatic nitrogens is 3. The van der Waals surface area contributed by atoms with Gasteiger partial charge in [0, 0.05) is 74.9 Å². The average Bonchev–Trinajstić information content (AvgIpc) is 4.24. The van der Waals surface area contributed by atoms with E-state index in [0.717, 1.165) is 55.4 Å². The van der Waals surface area contributed by atoms with Crippen LogP contribution in [-0.2, 0) is 0 Å². The number of hydrogen-bond donors (Lipinski definition) is 0. The Kier molecular flexibility index (Phi) is 8.01. The maximum atomic E-state index is 6.96. The largest absolute Gasteiger partial charge is 0.455 e. The van der Waals surface area contributed by atoms with Crippen LogP contribution in [0.2, 0.25) is 0 Å². The van der Waals surface area contributed by atoms with Crippen molar-refractivity contribution in [2.24, 2.45) is 0 Å². The lowest BCUT2D eigenvalue weighted by atomic mass is 10.0. The quantitative estimate of drug-likeness (QED) is 0.169. The molecule has 0 aliphatic rings. The molecule has 0 N–H and O–H groups in total. The lowest BCUT2D eigenvalue weighted by Crippen LogP contribution is -1.94. The van der Waals surface area contributed by atoms with Crippen molar-refractivity contribution in [3.8, 4) is 39.3 Å². The monoisotopic (exact) mass is 921 g/mol. The first-order chi connectivity index (χ1) is 35.2. The number of furan rings is 1. The number of fused-ring (bicyclic) bond motifs is 16. The highest BCUT2D eigenvalue weighted by Crippen LogP contribution is 2.44. The van der Waals surface area contributed by atoms with Crippen LogP contribution in [0.5, 0.6) is 0 Å². The standard InChI is InChI=1S/C66H39N3OS/c1-2-14-44(15-3-1)67-56-21-8-4-17-47(56)52-36-41(25-30-59(52)67)42-26-31-60-53(37-42)48-18-5-9-22-57(48)68(60)46-28-33-62-54(39-46)50-29-32-61-65(66(50)70-62)51-20-6-10-23-58(51)69(61)45-16-12-13-40(35-45)43-27-34-64-55(38-43)49-19-7-11-24-63(49)71-64/h1-39H. The molecule has 0 fully saturated rings. The molecule has 5 heterocycles. The van der Waals surface area contributed by atoms with E-state index in [2.05, 4.69) is 250 Å². The second-order valence-corrected chi connectivity index (χ2v) is 19.9. The highest BCUT2D eigenvalue weighted by atomic mass is 32.1. The zero-order valence-corrected chi connectivity index (χ0v) is 39.0. The third-order valence-electron chi connectivity index (χ3n) is 15.0. The van der Waals surface area contributed by atoms with Crippen LogP contribution in [0.3, 0.4) is 0 Å². The molecule has 0 aliphatic carbocycles. The van der Waals surface area contributed by atoms with Crippen molar-refractivity contribution in [1.29, 1.82) is 0 Å². The Morgan fingerprint density at radius 3 is 1.51 bits per heavy atom. The summed E-state index contributed by atoms with van der Waals surface area (Å²) in [5, 5.41) is 12.1. The first kappa shape index (κ1) is 38.8. The Morgan fingerprint density at radius 2 is 0.775 bits per heavy atom. The lowest BCUT2D eigenvalue weighted by Gasteiger charge is -2.11. The fraction of sp³-hybridized carbons (Fsp3) is 0. The Bertz CT molecular complexity index is 4890. The molecule has 0 radical (unpaired) electrons. The molecule has 0 amide bonds. The summed E-state index contributed by atoms with van der Waals surface area (Å²) in [7, 11) is 0. The van der Waals surface area contributed by atoms with E-state index >= 15 is 0 Å². The van der Waals surface area contributed by atoms with E-state index in [1.807, 2.05) is 11.3 Å². The van der Waals surface area contributed by atoms with Crippen LogP contribution in [0.1, 0.15) is 0 Å². The minimum Gasteiger partial charge on any atom is -0.455 e. The Balaban J connectivity index is 0.823. The van der Waals surface area contributed by atoms with Gasteiger partial charge in [0.25, 0.3) is 0 Å². The molecule has 16 rings (SSSR count). The first-order valence-electron chi connectivity index (χ1n) is 24.2. The van der Waals surface area contributed by atoms with Crippen LogP contribution in [0.15, 0.2) is 241 Å². The first-order valence-corrected chi connectivity index (χ1v) is 25.0. The van der Waals surface area contributed by atoms with Gasteiger partial charge in [-0.15, -0.1) is 11.3 Å². The van der Waals surface area contributed by atoms with Gasteiger partial charge in [-0.05, 0) is 138 Å². The maximum absolute atomic E-state index is 6.96. The molecule has 0 bridgehead atoms. The highest BCUT2D eigenvalue weighted by Gasteiger charge is 2.21. The van der Waals surface area contributed by atoms with Crippen molar-refractivity contribution in [2.75, 3.05) is 0 Å². The fourth-order valence-electron chi connectivity index (χ4n) is 11.9. The molecule has 0 saturated carbocycles. The number of rotatable bonds is 5. The highest BCUT2D eigenvalue weighted by molar-refractivity contribution is 7.25. The number of thiophene rings is 1. The summed E-state index contributed by atoms with van der Waals surface area (Å²) >= 11 is 1.86. The van der Waals surface area contributed by atoms with Gasteiger partial charge >= 0.3 is 0 Å². The van der Waals surface area contributed by atoms with Crippen LogP contribution in [0.25, 0.3) is 147 Å². The van der Waals surface area contributed by atoms with E-state index < -0.39 is 0 Å². The molecule has 330 valence electrons. The van der Waals surface area contributed by atoms with E-state index in [0.29, 0.717) is 0 Å². The number of benzene rings is 11. The van der Waals surface area contributed by atoms with Gasteiger partial charge in [-0.1, -0.05) is 121 Å². The minimum absolute atomic E-state index is 0.874. The molecule has 16 aromatic rings. The molecular formula is C66H39N3OS. The predicted octanol–water partition coefficient (Wildman–Crippen LogP) is 18.6. The molecule has 4 nitrogen and oxygen atoms in total. The van der Waals surface area contributed by atoms with Gasteiger partial charge in [0.15, 0.2) is 0 Å². The van der Waals surface area contributed by atoms with Crippen molar-refractivity contribution >= 4 is 119 Å². The van der Waals surface area contributed by atoms with Crippen molar-refractivity contribution < 1.29 is 4.42 Å². The molecule has 0 saturated heterocycles. The van der Waals surface area contributed by atoms with Gasteiger partial charge in [0.1, 0.15) is 11.2 Å². The van der Waals surface area contributed by atoms with E-state index in [-0.39, 0.29) is 0 Å². The molecule has 0 atom stereocenters. The summed E-state index contributed by atoms with van der Waals surface area (Å²) in [6.45, 7) is 0. The summed E-state index contributed by atoms with van der Waals surface area (Å²) in [6.07, 6.45) is 0. The zero-order valence-electron chi connectivity index (χ0n) is 38.2. The number of para-hydroxylation sites is 4. The van der Waals surface area contributed by atoms with Gasteiger partial charge < -0.3 is 18.1 Å². The van der Waals surface area contributed by atoms with E-state index in [9.17, 15) is 0 Å². The molecule has 5 aromatic heterocycles. The summed E-state index contributed by atoms with van der Waals surface area (Å²) < 4.78 is 16.8. The van der Waals surface area contributed by atoms with Crippen molar-refractivity contribution in [2.45, 2.75) is 0 Å². The van der Waals surface area contributed by atoms with E-state index in [4.69, 9.17) is 4.42 Å². The maximum Gasteiger partial charge on any atom is 0.145 e. The van der Waals surface area contributed by atoms with Crippen molar-refractivity contribution in [3.63, 3.8) is 0 Å².